The summed E-state index contributed by atoms with van der Waals surface area (Å²) in [4.78, 5) is 7.47. The Hall–Kier alpha value is -0.830. The molecule has 1 heterocycles. The zero-order valence-electron chi connectivity index (χ0n) is 7.59. The average Bonchev–Trinajstić information content (AvgIpc) is 2.75. The zero-order valence-corrected chi connectivity index (χ0v) is 7.59. The molecule has 0 aromatic carbocycles. The highest BCUT2D eigenvalue weighted by Gasteiger charge is 2.41. The van der Waals surface area contributed by atoms with Gasteiger partial charge in [0.15, 0.2) is 0 Å². The third-order valence-electron chi connectivity index (χ3n) is 2.64. The summed E-state index contributed by atoms with van der Waals surface area (Å²) in [5, 5.41) is 0. The van der Waals surface area contributed by atoms with Gasteiger partial charge in [-0.1, -0.05) is 0 Å². The SMILES string of the molecule is Cc1cnc(C(C)(N)C2CC2)[nH]1. The molecule has 1 aliphatic carbocycles. The Morgan fingerprint density at radius 2 is 2.33 bits per heavy atom. The maximum Gasteiger partial charge on any atom is 0.126 e. The maximum atomic E-state index is 6.16. The van der Waals surface area contributed by atoms with Crippen LogP contribution in [0.15, 0.2) is 6.20 Å². The molecule has 1 atom stereocenters. The van der Waals surface area contributed by atoms with Crippen LogP contribution in [0.5, 0.6) is 0 Å². The van der Waals surface area contributed by atoms with Crippen LogP contribution in [0.1, 0.15) is 31.3 Å². The Morgan fingerprint density at radius 3 is 2.75 bits per heavy atom. The van der Waals surface area contributed by atoms with E-state index in [9.17, 15) is 0 Å². The standard InChI is InChI=1S/C9H15N3/c1-6-5-11-8(12-6)9(2,10)7-3-4-7/h5,7H,3-4,10H2,1-2H3,(H,11,12). The van der Waals surface area contributed by atoms with Crippen LogP contribution < -0.4 is 5.73 Å². The molecule has 2 rings (SSSR count). The Labute approximate surface area is 72.4 Å². The summed E-state index contributed by atoms with van der Waals surface area (Å²) in [5.74, 6) is 1.56. The minimum atomic E-state index is -0.242. The molecule has 0 bridgehead atoms. The number of aromatic amines is 1. The van der Waals surface area contributed by atoms with Crippen molar-refractivity contribution in [1.29, 1.82) is 0 Å². The van der Waals surface area contributed by atoms with Gasteiger partial charge in [0, 0.05) is 11.9 Å². The molecule has 0 amide bonds. The van der Waals surface area contributed by atoms with E-state index in [0.29, 0.717) is 5.92 Å². The monoisotopic (exact) mass is 165 g/mol. The van der Waals surface area contributed by atoms with Crippen LogP contribution >= 0.6 is 0 Å². The van der Waals surface area contributed by atoms with Crippen LogP contribution in [0.2, 0.25) is 0 Å². The highest BCUT2D eigenvalue weighted by molar-refractivity contribution is 5.12. The first-order valence-electron chi connectivity index (χ1n) is 4.41. The Morgan fingerprint density at radius 1 is 1.67 bits per heavy atom. The minimum Gasteiger partial charge on any atom is -0.345 e. The van der Waals surface area contributed by atoms with E-state index in [4.69, 9.17) is 5.73 Å². The van der Waals surface area contributed by atoms with E-state index < -0.39 is 0 Å². The lowest BCUT2D eigenvalue weighted by Gasteiger charge is -2.21. The predicted octanol–water partition coefficient (Wildman–Crippen LogP) is 1.30. The molecule has 66 valence electrons. The van der Waals surface area contributed by atoms with Crippen molar-refractivity contribution in [1.82, 2.24) is 9.97 Å². The molecule has 1 aromatic rings. The zero-order chi connectivity index (χ0) is 8.77. The van der Waals surface area contributed by atoms with Crippen molar-refractivity contribution >= 4 is 0 Å². The quantitative estimate of drug-likeness (QED) is 0.694. The van der Waals surface area contributed by atoms with Crippen LogP contribution in [0.3, 0.4) is 0 Å². The number of nitrogens with zero attached hydrogens (tertiary/aromatic N) is 1. The van der Waals surface area contributed by atoms with Gasteiger partial charge in [0.05, 0.1) is 5.54 Å². The number of aryl methyl sites for hydroxylation is 1. The molecule has 12 heavy (non-hydrogen) atoms. The molecule has 1 aliphatic rings. The van der Waals surface area contributed by atoms with Gasteiger partial charge in [0.1, 0.15) is 5.82 Å². The largest absolute Gasteiger partial charge is 0.345 e. The number of hydrogen-bond acceptors (Lipinski definition) is 2. The second kappa shape index (κ2) is 2.33. The van der Waals surface area contributed by atoms with Crippen molar-refractivity contribution in [2.75, 3.05) is 0 Å². The van der Waals surface area contributed by atoms with E-state index in [-0.39, 0.29) is 5.54 Å². The minimum absolute atomic E-state index is 0.242. The fraction of sp³-hybridized carbons (Fsp3) is 0.667. The topological polar surface area (TPSA) is 54.7 Å². The van der Waals surface area contributed by atoms with E-state index in [2.05, 4.69) is 16.9 Å². The summed E-state index contributed by atoms with van der Waals surface area (Å²) in [6.07, 6.45) is 4.32. The number of rotatable bonds is 2. The number of imidazole rings is 1. The smallest absolute Gasteiger partial charge is 0.126 e. The summed E-state index contributed by atoms with van der Waals surface area (Å²) in [7, 11) is 0. The molecule has 3 heteroatoms. The third kappa shape index (κ3) is 1.14. The van der Waals surface area contributed by atoms with E-state index in [1.807, 2.05) is 13.1 Å². The van der Waals surface area contributed by atoms with Crippen LogP contribution in [0.25, 0.3) is 0 Å². The van der Waals surface area contributed by atoms with E-state index in [1.54, 1.807) is 0 Å². The van der Waals surface area contributed by atoms with E-state index in [0.717, 1.165) is 11.5 Å². The normalized spacial score (nSPS) is 22.2. The molecule has 1 saturated carbocycles. The first-order valence-corrected chi connectivity index (χ1v) is 4.41. The van der Waals surface area contributed by atoms with E-state index in [1.165, 1.54) is 12.8 Å². The summed E-state index contributed by atoms with van der Waals surface area (Å²) in [6, 6.07) is 0. The van der Waals surface area contributed by atoms with Crippen LogP contribution in [0.4, 0.5) is 0 Å². The second-order valence-corrected chi connectivity index (χ2v) is 3.97. The lowest BCUT2D eigenvalue weighted by Crippen LogP contribution is -2.36. The Bertz CT molecular complexity index is 284. The molecule has 0 radical (unpaired) electrons. The molecular weight excluding hydrogens is 150 g/mol. The molecule has 3 nitrogen and oxygen atoms in total. The number of hydrogen-bond donors (Lipinski definition) is 2. The lowest BCUT2D eigenvalue weighted by atomic mass is 9.97. The van der Waals surface area contributed by atoms with Gasteiger partial charge in [-0.15, -0.1) is 0 Å². The molecule has 0 saturated heterocycles. The van der Waals surface area contributed by atoms with Crippen LogP contribution in [-0.2, 0) is 5.54 Å². The van der Waals surface area contributed by atoms with Crippen molar-refractivity contribution in [2.24, 2.45) is 11.7 Å². The number of aromatic nitrogens is 2. The van der Waals surface area contributed by atoms with Crippen molar-refractivity contribution in [3.05, 3.63) is 17.7 Å². The number of nitrogens with one attached hydrogen (secondary N) is 1. The molecule has 1 fully saturated rings. The van der Waals surface area contributed by atoms with Gasteiger partial charge < -0.3 is 10.7 Å². The van der Waals surface area contributed by atoms with Crippen molar-refractivity contribution in [3.8, 4) is 0 Å². The van der Waals surface area contributed by atoms with Gasteiger partial charge in [0.2, 0.25) is 0 Å². The van der Waals surface area contributed by atoms with Crippen molar-refractivity contribution in [3.63, 3.8) is 0 Å². The van der Waals surface area contributed by atoms with Crippen molar-refractivity contribution in [2.45, 2.75) is 32.2 Å². The summed E-state index contributed by atoms with van der Waals surface area (Å²) >= 11 is 0. The van der Waals surface area contributed by atoms with Gasteiger partial charge in [-0.25, -0.2) is 4.98 Å². The van der Waals surface area contributed by atoms with Crippen LogP contribution in [-0.4, -0.2) is 9.97 Å². The maximum absolute atomic E-state index is 6.16. The highest BCUT2D eigenvalue weighted by Crippen LogP contribution is 2.42. The fourth-order valence-corrected chi connectivity index (χ4v) is 1.56. The predicted molar refractivity (Wildman–Crippen MR) is 47.6 cm³/mol. The Balaban J connectivity index is 2.27. The van der Waals surface area contributed by atoms with Crippen molar-refractivity contribution < 1.29 is 0 Å². The van der Waals surface area contributed by atoms with E-state index >= 15 is 0 Å². The van der Waals surface area contributed by atoms with Crippen LogP contribution in [0, 0.1) is 12.8 Å². The molecule has 0 spiro atoms. The molecular formula is C9H15N3. The second-order valence-electron chi connectivity index (χ2n) is 3.97. The molecule has 3 N–H and O–H groups in total. The Kier molecular flexibility index (Phi) is 1.51. The van der Waals surface area contributed by atoms with Gasteiger partial charge in [-0.05, 0) is 32.6 Å². The summed E-state index contributed by atoms with van der Waals surface area (Å²) in [5.41, 5.74) is 7.01. The van der Waals surface area contributed by atoms with Gasteiger partial charge in [-0.3, -0.25) is 0 Å². The number of H-pyrrole nitrogens is 1. The van der Waals surface area contributed by atoms with Gasteiger partial charge >= 0.3 is 0 Å². The first-order chi connectivity index (χ1) is 5.60. The molecule has 0 aliphatic heterocycles. The summed E-state index contributed by atoms with van der Waals surface area (Å²) in [6.45, 7) is 4.06. The fourth-order valence-electron chi connectivity index (χ4n) is 1.56. The molecule has 1 unspecified atom stereocenters. The molecule has 1 aromatic heterocycles. The first kappa shape index (κ1) is 7.80. The summed E-state index contributed by atoms with van der Waals surface area (Å²) < 4.78 is 0. The third-order valence-corrected chi connectivity index (χ3v) is 2.64. The highest BCUT2D eigenvalue weighted by atomic mass is 15.0. The number of nitrogens with two attached hydrogens (primary N) is 1. The lowest BCUT2D eigenvalue weighted by molar-refractivity contribution is 0.403. The average molecular weight is 165 g/mol. The van der Waals surface area contributed by atoms with Gasteiger partial charge in [-0.2, -0.15) is 0 Å². The van der Waals surface area contributed by atoms with Gasteiger partial charge in [0.25, 0.3) is 0 Å².